The molecule has 2 aromatic rings. The number of benzene rings is 1. The zero-order valence-electron chi connectivity index (χ0n) is 12.4. The van der Waals surface area contributed by atoms with Crippen LogP contribution in [0.5, 0.6) is 0 Å². The molecule has 1 unspecified atom stereocenters. The number of nitrogens with one attached hydrogen (secondary N) is 1. The summed E-state index contributed by atoms with van der Waals surface area (Å²) >= 11 is 0. The number of fused-ring (bicyclic) bond motifs is 3. The average Bonchev–Trinajstić information content (AvgIpc) is 3.03. The number of nitrogens with two attached hydrogens (primary N) is 1. The fraction of sp³-hybridized carbons (Fsp3) is 0.312. The topological polar surface area (TPSA) is 97.4 Å². The first-order valence-electron chi connectivity index (χ1n) is 7.56. The summed E-state index contributed by atoms with van der Waals surface area (Å²) in [6.07, 6.45) is 0.631. The smallest absolute Gasteiger partial charge is 0.326 e. The lowest BCUT2D eigenvalue weighted by Gasteiger charge is -2.28. The molecule has 0 spiro atoms. The van der Waals surface area contributed by atoms with Crippen molar-refractivity contribution in [3.8, 4) is 0 Å². The SMILES string of the molecule is NCc1ccc2c(c1)cc1n2C(=O)N(C2CCC(=O)NC2=O)C1. The maximum Gasteiger partial charge on any atom is 0.329 e. The van der Waals surface area contributed by atoms with Gasteiger partial charge in [0.1, 0.15) is 6.04 Å². The Kier molecular flexibility index (Phi) is 2.99. The summed E-state index contributed by atoms with van der Waals surface area (Å²) in [5, 5.41) is 3.27. The third kappa shape index (κ3) is 2.04. The quantitative estimate of drug-likeness (QED) is 0.797. The van der Waals surface area contributed by atoms with E-state index in [2.05, 4.69) is 5.32 Å². The zero-order chi connectivity index (χ0) is 16.1. The second-order valence-electron chi connectivity index (χ2n) is 5.95. The second kappa shape index (κ2) is 4.92. The molecule has 0 bridgehead atoms. The van der Waals surface area contributed by atoms with E-state index < -0.39 is 11.9 Å². The molecule has 2 aliphatic heterocycles. The number of aromatic nitrogens is 1. The second-order valence-corrected chi connectivity index (χ2v) is 5.95. The van der Waals surface area contributed by atoms with Crippen molar-refractivity contribution < 1.29 is 14.4 Å². The van der Waals surface area contributed by atoms with E-state index in [1.54, 1.807) is 4.57 Å². The van der Waals surface area contributed by atoms with Crippen molar-refractivity contribution in [2.75, 3.05) is 0 Å². The molecule has 4 rings (SSSR count). The van der Waals surface area contributed by atoms with E-state index in [0.29, 0.717) is 19.5 Å². The Morgan fingerprint density at radius 2 is 2.04 bits per heavy atom. The Balaban J connectivity index is 1.69. The molecular weight excluding hydrogens is 296 g/mol. The number of hydrogen-bond acceptors (Lipinski definition) is 4. The molecule has 0 radical (unpaired) electrons. The van der Waals surface area contributed by atoms with Crippen molar-refractivity contribution in [3.05, 3.63) is 35.5 Å². The minimum Gasteiger partial charge on any atom is -0.326 e. The molecule has 0 aliphatic carbocycles. The van der Waals surface area contributed by atoms with Gasteiger partial charge in [0.15, 0.2) is 0 Å². The number of imide groups is 1. The summed E-state index contributed by atoms with van der Waals surface area (Å²) < 4.78 is 1.64. The average molecular weight is 312 g/mol. The number of hydrogen-bond donors (Lipinski definition) is 2. The molecule has 1 fully saturated rings. The van der Waals surface area contributed by atoms with Crippen molar-refractivity contribution >= 4 is 28.7 Å². The van der Waals surface area contributed by atoms with E-state index in [9.17, 15) is 14.4 Å². The van der Waals surface area contributed by atoms with E-state index in [4.69, 9.17) is 5.73 Å². The first-order chi connectivity index (χ1) is 11.1. The van der Waals surface area contributed by atoms with Gasteiger partial charge in [-0.25, -0.2) is 4.79 Å². The monoisotopic (exact) mass is 312 g/mol. The van der Waals surface area contributed by atoms with Crippen LogP contribution in [0.25, 0.3) is 10.9 Å². The van der Waals surface area contributed by atoms with Gasteiger partial charge >= 0.3 is 6.03 Å². The van der Waals surface area contributed by atoms with Gasteiger partial charge in [-0.15, -0.1) is 0 Å². The molecule has 3 N–H and O–H groups in total. The molecule has 1 saturated heterocycles. The van der Waals surface area contributed by atoms with Gasteiger partial charge in [0.05, 0.1) is 12.1 Å². The van der Waals surface area contributed by atoms with Crippen LogP contribution in [-0.2, 0) is 22.7 Å². The molecule has 3 amide bonds. The van der Waals surface area contributed by atoms with Crippen LogP contribution in [0.1, 0.15) is 24.1 Å². The Morgan fingerprint density at radius 3 is 2.78 bits per heavy atom. The maximum absolute atomic E-state index is 12.8. The predicted octanol–water partition coefficient (Wildman–Crippen LogP) is 0.689. The normalized spacial score (nSPS) is 21.0. The van der Waals surface area contributed by atoms with E-state index in [1.165, 1.54) is 4.90 Å². The number of nitrogens with zero attached hydrogens (tertiary/aromatic N) is 2. The fourth-order valence-electron chi connectivity index (χ4n) is 3.38. The van der Waals surface area contributed by atoms with E-state index in [0.717, 1.165) is 22.2 Å². The summed E-state index contributed by atoms with van der Waals surface area (Å²) in [5.41, 5.74) is 8.33. The first kappa shape index (κ1) is 14.0. The van der Waals surface area contributed by atoms with Crippen LogP contribution in [0, 0.1) is 0 Å². The van der Waals surface area contributed by atoms with Gasteiger partial charge in [0, 0.05) is 24.0 Å². The van der Waals surface area contributed by atoms with Gasteiger partial charge in [0.25, 0.3) is 0 Å². The highest BCUT2D eigenvalue weighted by Gasteiger charge is 2.39. The molecule has 7 heteroatoms. The van der Waals surface area contributed by atoms with Crippen molar-refractivity contribution in [2.24, 2.45) is 5.73 Å². The van der Waals surface area contributed by atoms with Crippen LogP contribution < -0.4 is 11.1 Å². The summed E-state index contributed by atoms with van der Waals surface area (Å²) in [7, 11) is 0. The van der Waals surface area contributed by atoms with Crippen molar-refractivity contribution in [1.82, 2.24) is 14.8 Å². The van der Waals surface area contributed by atoms with Crippen LogP contribution in [0.15, 0.2) is 24.3 Å². The molecule has 23 heavy (non-hydrogen) atoms. The van der Waals surface area contributed by atoms with Crippen LogP contribution in [0.2, 0.25) is 0 Å². The number of piperidine rings is 1. The van der Waals surface area contributed by atoms with Gasteiger partial charge in [-0.2, -0.15) is 0 Å². The number of rotatable bonds is 2. The molecule has 3 heterocycles. The molecular formula is C16H16N4O3. The lowest BCUT2D eigenvalue weighted by Crippen LogP contribution is -2.52. The molecule has 2 aliphatic rings. The van der Waals surface area contributed by atoms with E-state index >= 15 is 0 Å². The lowest BCUT2D eigenvalue weighted by atomic mass is 10.0. The van der Waals surface area contributed by atoms with Crippen LogP contribution in [0.3, 0.4) is 0 Å². The molecule has 1 atom stereocenters. The zero-order valence-corrected chi connectivity index (χ0v) is 12.4. The lowest BCUT2D eigenvalue weighted by molar-refractivity contribution is -0.136. The van der Waals surface area contributed by atoms with Crippen molar-refractivity contribution in [3.63, 3.8) is 0 Å². The Hall–Kier alpha value is -2.67. The fourth-order valence-corrected chi connectivity index (χ4v) is 3.38. The number of carbonyl (C=O) groups is 3. The number of carbonyl (C=O) groups excluding carboxylic acids is 3. The first-order valence-corrected chi connectivity index (χ1v) is 7.56. The van der Waals surface area contributed by atoms with Crippen molar-refractivity contribution in [2.45, 2.75) is 32.0 Å². The highest BCUT2D eigenvalue weighted by Crippen LogP contribution is 2.30. The summed E-state index contributed by atoms with van der Waals surface area (Å²) in [4.78, 5) is 37.6. The summed E-state index contributed by atoms with van der Waals surface area (Å²) in [6, 6.07) is 6.91. The maximum atomic E-state index is 12.8. The van der Waals surface area contributed by atoms with Gasteiger partial charge in [-0.3, -0.25) is 19.5 Å². The van der Waals surface area contributed by atoms with Crippen LogP contribution in [0.4, 0.5) is 4.79 Å². The molecule has 1 aromatic heterocycles. The summed E-state index contributed by atoms with van der Waals surface area (Å²) in [5.74, 6) is -0.674. The van der Waals surface area contributed by atoms with Gasteiger partial charge in [0.2, 0.25) is 11.8 Å². The van der Waals surface area contributed by atoms with Gasteiger partial charge in [-0.1, -0.05) is 6.07 Å². The molecule has 7 nitrogen and oxygen atoms in total. The minimum absolute atomic E-state index is 0.218. The van der Waals surface area contributed by atoms with Gasteiger partial charge in [-0.05, 0) is 30.2 Å². The Bertz CT molecular complexity index is 854. The standard InChI is InChI=1S/C16H16N4O3/c17-7-9-1-2-12-10(5-9)6-11-8-19(16(23)20(11)12)13-3-4-14(21)18-15(13)22/h1-2,5-6,13H,3-4,7-8,17H2,(H,18,21,22). The Morgan fingerprint density at radius 1 is 1.22 bits per heavy atom. The third-order valence-corrected chi connectivity index (χ3v) is 4.53. The predicted molar refractivity (Wildman–Crippen MR) is 82.3 cm³/mol. The highest BCUT2D eigenvalue weighted by molar-refractivity contribution is 6.03. The highest BCUT2D eigenvalue weighted by atomic mass is 16.2. The van der Waals surface area contributed by atoms with E-state index in [-0.39, 0.29) is 18.4 Å². The minimum atomic E-state index is -0.585. The molecule has 118 valence electrons. The summed E-state index contributed by atoms with van der Waals surface area (Å²) in [6.45, 7) is 0.824. The van der Waals surface area contributed by atoms with Crippen molar-refractivity contribution in [1.29, 1.82) is 0 Å². The molecule has 1 aromatic carbocycles. The number of amides is 3. The molecule has 0 saturated carbocycles. The Labute approximate surface area is 132 Å². The van der Waals surface area contributed by atoms with Gasteiger partial charge < -0.3 is 10.6 Å². The largest absolute Gasteiger partial charge is 0.329 e. The third-order valence-electron chi connectivity index (χ3n) is 4.53. The van der Waals surface area contributed by atoms with E-state index in [1.807, 2.05) is 24.3 Å². The van der Waals surface area contributed by atoms with Crippen LogP contribution in [-0.4, -0.2) is 33.4 Å². The van der Waals surface area contributed by atoms with Crippen LogP contribution >= 0.6 is 0 Å².